The summed E-state index contributed by atoms with van der Waals surface area (Å²) in [6, 6.07) is 6.73. The molecule has 19 heavy (non-hydrogen) atoms. The van der Waals surface area contributed by atoms with Crippen molar-refractivity contribution in [1.29, 1.82) is 0 Å². The van der Waals surface area contributed by atoms with Gasteiger partial charge in [0.05, 0.1) is 17.3 Å². The number of hydrogen-bond donors (Lipinski definition) is 1. The minimum absolute atomic E-state index is 0.148. The molecule has 0 aliphatic heterocycles. The molecule has 0 saturated heterocycles. The Morgan fingerprint density at radius 2 is 2.21 bits per heavy atom. The molecule has 102 valence electrons. The average Bonchev–Trinajstić information content (AvgIpc) is 2.82. The minimum atomic E-state index is -0.393. The molecule has 0 saturated carbocycles. The minimum Gasteiger partial charge on any atom is -0.311 e. The maximum absolute atomic E-state index is 13.1. The molecule has 0 aliphatic carbocycles. The van der Waals surface area contributed by atoms with Crippen LogP contribution in [0, 0.1) is 5.82 Å². The van der Waals surface area contributed by atoms with Crippen LogP contribution in [0.15, 0.2) is 30.5 Å². The molecule has 0 bridgehead atoms. The summed E-state index contributed by atoms with van der Waals surface area (Å²) >= 11 is 5.78. The van der Waals surface area contributed by atoms with Crippen LogP contribution in [0.1, 0.15) is 24.6 Å². The number of nitrogens with one attached hydrogen (secondary N) is 1. The van der Waals surface area contributed by atoms with E-state index in [-0.39, 0.29) is 5.02 Å². The van der Waals surface area contributed by atoms with E-state index in [1.54, 1.807) is 18.3 Å². The SMILES string of the molecule is CCCNCc1ccnn1Cc1ccc(F)c(Cl)c1. The smallest absolute Gasteiger partial charge is 0.141 e. The Morgan fingerprint density at radius 1 is 1.37 bits per heavy atom. The second-order valence-electron chi connectivity index (χ2n) is 4.41. The molecule has 0 unspecified atom stereocenters. The van der Waals surface area contributed by atoms with E-state index in [0.29, 0.717) is 6.54 Å². The van der Waals surface area contributed by atoms with Gasteiger partial charge in [-0.3, -0.25) is 4.68 Å². The molecule has 1 N–H and O–H groups in total. The molecule has 0 atom stereocenters. The molecule has 2 aromatic rings. The number of benzene rings is 1. The lowest BCUT2D eigenvalue weighted by atomic mass is 10.2. The predicted molar refractivity (Wildman–Crippen MR) is 74.7 cm³/mol. The molecular weight excluding hydrogens is 265 g/mol. The highest BCUT2D eigenvalue weighted by atomic mass is 35.5. The number of hydrogen-bond acceptors (Lipinski definition) is 2. The van der Waals surface area contributed by atoms with Crippen LogP contribution in [-0.2, 0) is 13.1 Å². The summed E-state index contributed by atoms with van der Waals surface area (Å²) in [5.41, 5.74) is 2.04. The Morgan fingerprint density at radius 3 is 2.95 bits per heavy atom. The largest absolute Gasteiger partial charge is 0.311 e. The fourth-order valence-corrected chi connectivity index (χ4v) is 2.06. The Labute approximate surface area is 117 Å². The van der Waals surface area contributed by atoms with Gasteiger partial charge >= 0.3 is 0 Å². The predicted octanol–water partition coefficient (Wildman–Crippen LogP) is 3.22. The first-order chi connectivity index (χ1) is 9.20. The van der Waals surface area contributed by atoms with Crippen LogP contribution in [-0.4, -0.2) is 16.3 Å². The first kappa shape index (κ1) is 14.0. The monoisotopic (exact) mass is 281 g/mol. The van der Waals surface area contributed by atoms with Gasteiger partial charge in [-0.05, 0) is 36.7 Å². The zero-order valence-electron chi connectivity index (χ0n) is 10.9. The molecule has 3 nitrogen and oxygen atoms in total. The van der Waals surface area contributed by atoms with Crippen molar-refractivity contribution in [1.82, 2.24) is 15.1 Å². The Balaban J connectivity index is 2.06. The molecule has 0 radical (unpaired) electrons. The van der Waals surface area contributed by atoms with Crippen molar-refractivity contribution in [2.75, 3.05) is 6.54 Å². The molecule has 5 heteroatoms. The summed E-state index contributed by atoms with van der Waals surface area (Å²) in [7, 11) is 0. The molecule has 0 amide bonds. The highest BCUT2D eigenvalue weighted by molar-refractivity contribution is 6.30. The molecule has 0 aliphatic rings. The lowest BCUT2D eigenvalue weighted by Gasteiger charge is -2.09. The van der Waals surface area contributed by atoms with Crippen LogP contribution >= 0.6 is 11.6 Å². The quantitative estimate of drug-likeness (QED) is 0.824. The van der Waals surface area contributed by atoms with E-state index < -0.39 is 5.82 Å². The van der Waals surface area contributed by atoms with Crippen molar-refractivity contribution in [2.24, 2.45) is 0 Å². The van der Waals surface area contributed by atoms with Gasteiger partial charge < -0.3 is 5.32 Å². The second kappa shape index (κ2) is 6.68. The summed E-state index contributed by atoms with van der Waals surface area (Å²) in [6.07, 6.45) is 2.87. The third-order valence-electron chi connectivity index (χ3n) is 2.85. The summed E-state index contributed by atoms with van der Waals surface area (Å²) in [5.74, 6) is -0.393. The molecular formula is C14H17ClFN3. The summed E-state index contributed by atoms with van der Waals surface area (Å²) in [6.45, 7) is 4.48. The van der Waals surface area contributed by atoms with Gasteiger partial charge in [0, 0.05) is 12.7 Å². The van der Waals surface area contributed by atoms with Gasteiger partial charge in [0.25, 0.3) is 0 Å². The van der Waals surface area contributed by atoms with Crippen molar-refractivity contribution in [3.05, 3.63) is 52.6 Å². The lowest BCUT2D eigenvalue weighted by molar-refractivity contribution is 0.590. The van der Waals surface area contributed by atoms with E-state index >= 15 is 0 Å². The van der Waals surface area contributed by atoms with Crippen molar-refractivity contribution >= 4 is 11.6 Å². The van der Waals surface area contributed by atoms with Gasteiger partial charge in [-0.2, -0.15) is 5.10 Å². The zero-order valence-corrected chi connectivity index (χ0v) is 11.6. The molecule has 0 spiro atoms. The summed E-state index contributed by atoms with van der Waals surface area (Å²) in [5, 5.41) is 7.77. The average molecular weight is 282 g/mol. The number of nitrogens with zero attached hydrogens (tertiary/aromatic N) is 2. The maximum Gasteiger partial charge on any atom is 0.141 e. The van der Waals surface area contributed by atoms with E-state index in [1.165, 1.54) is 6.07 Å². The van der Waals surface area contributed by atoms with Gasteiger partial charge in [0.2, 0.25) is 0 Å². The van der Waals surface area contributed by atoms with Crippen LogP contribution in [0.5, 0.6) is 0 Å². The van der Waals surface area contributed by atoms with Gasteiger partial charge in [0.15, 0.2) is 0 Å². The number of rotatable bonds is 6. The maximum atomic E-state index is 13.1. The van der Waals surface area contributed by atoms with E-state index in [2.05, 4.69) is 17.3 Å². The van der Waals surface area contributed by atoms with Crippen LogP contribution in [0.4, 0.5) is 4.39 Å². The fourth-order valence-electron chi connectivity index (χ4n) is 1.86. The lowest BCUT2D eigenvalue weighted by Crippen LogP contribution is -2.17. The third kappa shape index (κ3) is 3.78. The highest BCUT2D eigenvalue weighted by Gasteiger charge is 2.05. The van der Waals surface area contributed by atoms with E-state index in [9.17, 15) is 4.39 Å². The fraction of sp³-hybridized carbons (Fsp3) is 0.357. The summed E-state index contributed by atoms with van der Waals surface area (Å²) < 4.78 is 15.0. The Bertz CT molecular complexity index is 539. The van der Waals surface area contributed by atoms with Crippen molar-refractivity contribution < 1.29 is 4.39 Å². The molecule has 1 aromatic carbocycles. The van der Waals surface area contributed by atoms with E-state index in [0.717, 1.165) is 30.8 Å². The van der Waals surface area contributed by atoms with Crippen molar-refractivity contribution in [3.8, 4) is 0 Å². The van der Waals surface area contributed by atoms with Gasteiger partial charge in [0.1, 0.15) is 5.82 Å². The zero-order chi connectivity index (χ0) is 13.7. The number of halogens is 2. The van der Waals surface area contributed by atoms with Gasteiger partial charge in [-0.25, -0.2) is 4.39 Å². The summed E-state index contributed by atoms with van der Waals surface area (Å²) in [4.78, 5) is 0. The second-order valence-corrected chi connectivity index (χ2v) is 4.81. The normalized spacial score (nSPS) is 10.9. The Kier molecular flexibility index (Phi) is 4.93. The van der Waals surface area contributed by atoms with E-state index in [4.69, 9.17) is 11.6 Å². The topological polar surface area (TPSA) is 29.9 Å². The molecule has 2 rings (SSSR count). The standard InChI is InChI=1S/C14H17ClFN3/c1-2-6-17-9-12-5-7-18-19(12)10-11-3-4-14(16)13(15)8-11/h3-5,7-8,17H,2,6,9-10H2,1H3. The Hall–Kier alpha value is -1.39. The first-order valence-electron chi connectivity index (χ1n) is 6.36. The van der Waals surface area contributed by atoms with Crippen molar-refractivity contribution in [2.45, 2.75) is 26.4 Å². The highest BCUT2D eigenvalue weighted by Crippen LogP contribution is 2.17. The van der Waals surface area contributed by atoms with E-state index in [1.807, 2.05) is 10.7 Å². The molecule has 1 heterocycles. The van der Waals surface area contributed by atoms with Crippen molar-refractivity contribution in [3.63, 3.8) is 0 Å². The van der Waals surface area contributed by atoms with Crippen LogP contribution in [0.3, 0.4) is 0 Å². The third-order valence-corrected chi connectivity index (χ3v) is 3.14. The molecule has 1 aromatic heterocycles. The van der Waals surface area contributed by atoms with Crippen LogP contribution in [0.2, 0.25) is 5.02 Å². The number of aromatic nitrogens is 2. The molecule has 0 fully saturated rings. The van der Waals surface area contributed by atoms with Crippen LogP contribution < -0.4 is 5.32 Å². The van der Waals surface area contributed by atoms with Gasteiger partial charge in [-0.15, -0.1) is 0 Å². The first-order valence-corrected chi connectivity index (χ1v) is 6.74. The van der Waals surface area contributed by atoms with Gasteiger partial charge in [-0.1, -0.05) is 24.6 Å². The van der Waals surface area contributed by atoms with Crippen LogP contribution in [0.25, 0.3) is 0 Å².